The number of ketones is 1. The Morgan fingerprint density at radius 1 is 1.28 bits per heavy atom. The van der Waals surface area contributed by atoms with Crippen molar-refractivity contribution in [2.45, 2.75) is 57.3 Å². The summed E-state index contributed by atoms with van der Waals surface area (Å²) < 4.78 is 40.8. The van der Waals surface area contributed by atoms with Crippen LogP contribution in [0.25, 0.3) is 0 Å². The second-order valence-electron chi connectivity index (χ2n) is 9.55. The molecule has 1 amide bonds. The van der Waals surface area contributed by atoms with Gasteiger partial charge in [-0.15, -0.1) is 0 Å². The summed E-state index contributed by atoms with van der Waals surface area (Å²) in [5.74, 6) is -0.888. The average molecular weight is 473 g/mol. The number of rotatable bonds is 6. The van der Waals surface area contributed by atoms with E-state index in [4.69, 9.17) is 21.1 Å². The topological polar surface area (TPSA) is 59.1 Å². The van der Waals surface area contributed by atoms with Gasteiger partial charge in [0.05, 0.1) is 30.8 Å². The minimum Gasteiger partial charge on any atom is -0.444 e. The number of halogens is 3. The summed E-state index contributed by atoms with van der Waals surface area (Å²) in [6.45, 7) is 7.31. The molecule has 2 aliphatic rings. The molecule has 0 saturated carbocycles. The summed E-state index contributed by atoms with van der Waals surface area (Å²) in [5.41, 5.74) is -2.21. The summed E-state index contributed by atoms with van der Waals surface area (Å²) in [6.07, 6.45) is -0.742. The molecule has 2 aliphatic heterocycles. The third-order valence-electron chi connectivity index (χ3n) is 5.67. The van der Waals surface area contributed by atoms with Gasteiger partial charge in [-0.25, -0.2) is 13.6 Å². The summed E-state index contributed by atoms with van der Waals surface area (Å²) >= 11 is 5.82. The van der Waals surface area contributed by atoms with Crippen molar-refractivity contribution in [2.75, 3.05) is 39.4 Å². The molecule has 3 rings (SSSR count). The molecule has 0 N–H and O–H groups in total. The maximum Gasteiger partial charge on any atom is 0.411 e. The van der Waals surface area contributed by atoms with Gasteiger partial charge in [0.2, 0.25) is 0 Å². The molecule has 2 atom stereocenters. The number of Topliss-reactive ketones (excluding diaryl/α,β-unsaturated/α-hetero) is 1. The summed E-state index contributed by atoms with van der Waals surface area (Å²) in [7, 11) is 0. The molecule has 6 nitrogen and oxygen atoms in total. The first-order valence-electron chi connectivity index (χ1n) is 10.9. The van der Waals surface area contributed by atoms with Crippen LogP contribution in [0.15, 0.2) is 18.2 Å². The van der Waals surface area contributed by atoms with Gasteiger partial charge in [-0.05, 0) is 38.8 Å². The van der Waals surface area contributed by atoms with Crippen LogP contribution in [0, 0.1) is 5.82 Å². The summed E-state index contributed by atoms with van der Waals surface area (Å²) in [4.78, 5) is 29.0. The number of amides is 1. The first-order chi connectivity index (χ1) is 15.0. The molecule has 9 heteroatoms. The Morgan fingerprint density at radius 3 is 2.62 bits per heavy atom. The molecule has 0 aromatic heterocycles. The first kappa shape index (κ1) is 24.9. The van der Waals surface area contributed by atoms with Crippen LogP contribution >= 0.6 is 11.6 Å². The zero-order valence-corrected chi connectivity index (χ0v) is 19.6. The number of likely N-dealkylation sites (tertiary alicyclic amines) is 1. The van der Waals surface area contributed by atoms with Crippen LogP contribution in [0.5, 0.6) is 0 Å². The number of alkyl halides is 1. The fourth-order valence-electron chi connectivity index (χ4n) is 4.18. The van der Waals surface area contributed by atoms with Gasteiger partial charge in [0, 0.05) is 32.5 Å². The first-order valence-corrected chi connectivity index (χ1v) is 11.3. The lowest BCUT2D eigenvalue weighted by atomic mass is 9.96. The number of nitrogens with zero attached hydrogens (tertiary/aromatic N) is 2. The predicted octanol–water partition coefficient (Wildman–Crippen LogP) is 4.03. The van der Waals surface area contributed by atoms with Gasteiger partial charge in [0.15, 0.2) is 5.78 Å². The standard InChI is InChI=1S/C23H31ClF2N2O4/c1-22(2,3)32-21(30)28-15-23(26,14-27-9-11-31-12-10-27)13-18(28)19(29)8-7-16-5-4-6-17(24)20(16)25/h4-6,18H,7-15H2,1-3H3/t18-,23+/m0/s1. The SMILES string of the molecule is CC(C)(C)OC(=O)N1C[C@](F)(CN2CCOCC2)C[C@H]1C(=O)CCc1cccc(Cl)c1F. The Hall–Kier alpha value is -1.77. The van der Waals surface area contributed by atoms with E-state index in [9.17, 15) is 14.0 Å². The number of aryl methyl sites for hydroxylation is 1. The normalized spacial score (nSPS) is 24.6. The lowest BCUT2D eigenvalue weighted by Gasteiger charge is -2.32. The lowest BCUT2D eigenvalue weighted by Crippen LogP contribution is -2.47. The number of carbonyl (C=O) groups is 2. The molecule has 0 unspecified atom stereocenters. The molecule has 0 radical (unpaired) electrons. The van der Waals surface area contributed by atoms with Gasteiger partial charge in [-0.1, -0.05) is 23.7 Å². The molecular weight excluding hydrogens is 442 g/mol. The second kappa shape index (κ2) is 10.0. The Balaban J connectivity index is 1.73. The van der Waals surface area contributed by atoms with Crippen molar-refractivity contribution in [3.05, 3.63) is 34.6 Å². The fraction of sp³-hybridized carbons (Fsp3) is 0.652. The number of carbonyl (C=O) groups excluding carboxylic acids is 2. The van der Waals surface area contributed by atoms with Crippen molar-refractivity contribution in [2.24, 2.45) is 0 Å². The molecule has 178 valence electrons. The number of morpholine rings is 1. The van der Waals surface area contributed by atoms with Gasteiger partial charge in [0.25, 0.3) is 0 Å². The number of ether oxygens (including phenoxy) is 2. The fourth-order valence-corrected chi connectivity index (χ4v) is 4.37. The molecule has 2 saturated heterocycles. The van der Waals surface area contributed by atoms with Crippen molar-refractivity contribution in [3.8, 4) is 0 Å². The Bertz CT molecular complexity index is 842. The maximum absolute atomic E-state index is 15.9. The average Bonchev–Trinajstić information content (AvgIpc) is 3.06. The van der Waals surface area contributed by atoms with E-state index in [2.05, 4.69) is 0 Å². The molecule has 2 heterocycles. The van der Waals surface area contributed by atoms with E-state index in [1.807, 2.05) is 4.90 Å². The molecule has 0 bridgehead atoms. The van der Waals surface area contributed by atoms with Crippen molar-refractivity contribution in [3.63, 3.8) is 0 Å². The molecule has 1 aromatic rings. The molecule has 32 heavy (non-hydrogen) atoms. The molecular formula is C23H31ClF2N2O4. The van der Waals surface area contributed by atoms with Crippen LogP contribution in [0.1, 0.15) is 39.2 Å². The second-order valence-corrected chi connectivity index (χ2v) is 9.95. The van der Waals surface area contributed by atoms with Crippen LogP contribution in [0.2, 0.25) is 5.02 Å². The number of benzene rings is 1. The Kier molecular flexibility index (Phi) is 7.78. The highest BCUT2D eigenvalue weighted by Gasteiger charge is 2.50. The van der Waals surface area contributed by atoms with Gasteiger partial charge in [0.1, 0.15) is 17.1 Å². The summed E-state index contributed by atoms with van der Waals surface area (Å²) in [5, 5.41) is -0.0144. The van der Waals surface area contributed by atoms with E-state index in [1.54, 1.807) is 32.9 Å². The van der Waals surface area contributed by atoms with Crippen molar-refractivity contribution < 1.29 is 27.8 Å². The van der Waals surface area contributed by atoms with Crippen LogP contribution in [0.4, 0.5) is 13.6 Å². The molecule has 2 fully saturated rings. The Morgan fingerprint density at radius 2 is 1.97 bits per heavy atom. The highest BCUT2D eigenvalue weighted by atomic mass is 35.5. The number of hydrogen-bond acceptors (Lipinski definition) is 5. The van der Waals surface area contributed by atoms with Crippen LogP contribution in [0.3, 0.4) is 0 Å². The van der Waals surface area contributed by atoms with Crippen LogP contribution < -0.4 is 0 Å². The lowest BCUT2D eigenvalue weighted by molar-refractivity contribution is -0.123. The summed E-state index contributed by atoms with van der Waals surface area (Å²) in [6, 6.07) is 3.65. The Labute approximate surface area is 192 Å². The molecule has 0 aliphatic carbocycles. The quantitative estimate of drug-likeness (QED) is 0.625. The van der Waals surface area contributed by atoms with E-state index >= 15 is 4.39 Å². The van der Waals surface area contributed by atoms with Crippen molar-refractivity contribution >= 4 is 23.5 Å². The third-order valence-corrected chi connectivity index (χ3v) is 5.96. The van der Waals surface area contributed by atoms with Gasteiger partial charge in [-0.3, -0.25) is 14.6 Å². The zero-order valence-electron chi connectivity index (χ0n) is 18.8. The molecule has 0 spiro atoms. The minimum absolute atomic E-state index is 0.0144. The van der Waals surface area contributed by atoms with Crippen molar-refractivity contribution in [1.82, 2.24) is 9.80 Å². The zero-order chi connectivity index (χ0) is 23.5. The maximum atomic E-state index is 15.9. The molecule has 1 aromatic carbocycles. The van der Waals surface area contributed by atoms with Crippen LogP contribution in [-0.4, -0.2) is 78.4 Å². The van der Waals surface area contributed by atoms with E-state index in [1.165, 1.54) is 11.0 Å². The highest BCUT2D eigenvalue weighted by molar-refractivity contribution is 6.30. The third kappa shape index (κ3) is 6.39. The minimum atomic E-state index is -1.74. The van der Waals surface area contributed by atoms with Crippen molar-refractivity contribution in [1.29, 1.82) is 0 Å². The van der Waals surface area contributed by atoms with Crippen LogP contribution in [-0.2, 0) is 20.7 Å². The van der Waals surface area contributed by atoms with E-state index in [0.717, 1.165) is 0 Å². The van der Waals surface area contributed by atoms with Gasteiger partial charge < -0.3 is 9.47 Å². The van der Waals surface area contributed by atoms with Gasteiger partial charge >= 0.3 is 6.09 Å². The van der Waals surface area contributed by atoms with Gasteiger partial charge in [-0.2, -0.15) is 0 Å². The highest BCUT2D eigenvalue weighted by Crippen LogP contribution is 2.34. The smallest absolute Gasteiger partial charge is 0.411 e. The van der Waals surface area contributed by atoms with E-state index in [0.29, 0.717) is 31.9 Å². The largest absolute Gasteiger partial charge is 0.444 e. The number of hydrogen-bond donors (Lipinski definition) is 0. The van der Waals surface area contributed by atoms with E-state index in [-0.39, 0.29) is 43.2 Å². The monoisotopic (exact) mass is 472 g/mol. The predicted molar refractivity (Wildman–Crippen MR) is 117 cm³/mol. The van der Waals surface area contributed by atoms with E-state index < -0.39 is 29.2 Å².